The fourth-order valence-corrected chi connectivity index (χ4v) is 5.02. The molecule has 3 fully saturated rings. The first-order valence-electron chi connectivity index (χ1n) is 10.1. The maximum absolute atomic E-state index is 13.4. The van der Waals surface area contributed by atoms with Crippen LogP contribution in [0.2, 0.25) is 0 Å². The van der Waals surface area contributed by atoms with Gasteiger partial charge in [0.25, 0.3) is 0 Å². The van der Waals surface area contributed by atoms with E-state index in [4.69, 9.17) is 4.74 Å². The molecule has 2 aliphatic heterocycles. The number of likely N-dealkylation sites (tertiary alicyclic amines) is 1. The van der Waals surface area contributed by atoms with Crippen molar-refractivity contribution >= 4 is 11.9 Å². The molecule has 148 valence electrons. The zero-order chi connectivity index (χ0) is 19.0. The summed E-state index contributed by atoms with van der Waals surface area (Å²) in [4.78, 5) is 26.8. The molecule has 7 nitrogen and oxygen atoms in total. The van der Waals surface area contributed by atoms with Crippen LogP contribution in [0.1, 0.15) is 50.6 Å². The van der Waals surface area contributed by atoms with Crippen molar-refractivity contribution in [2.24, 2.45) is 5.41 Å². The first kappa shape index (κ1) is 18.5. The zero-order valence-electron chi connectivity index (χ0n) is 16.4. The van der Waals surface area contributed by atoms with Crippen LogP contribution in [0.25, 0.3) is 0 Å². The van der Waals surface area contributed by atoms with E-state index in [1.54, 1.807) is 7.11 Å². The predicted molar refractivity (Wildman–Crippen MR) is 102 cm³/mol. The van der Waals surface area contributed by atoms with Gasteiger partial charge in [-0.3, -0.25) is 4.79 Å². The van der Waals surface area contributed by atoms with Gasteiger partial charge < -0.3 is 19.6 Å². The Morgan fingerprint density at radius 3 is 2.70 bits per heavy atom. The van der Waals surface area contributed by atoms with Crippen molar-refractivity contribution in [2.45, 2.75) is 64.0 Å². The Kier molecular flexibility index (Phi) is 4.97. The molecule has 2 saturated heterocycles. The fraction of sp³-hybridized carbons (Fsp3) is 0.750. The Morgan fingerprint density at radius 1 is 1.19 bits per heavy atom. The van der Waals surface area contributed by atoms with Gasteiger partial charge in [-0.15, -0.1) is 0 Å². The number of piperidine rings is 1. The van der Waals surface area contributed by atoms with Gasteiger partial charge in [-0.1, -0.05) is 0 Å². The average Bonchev–Trinajstić information content (AvgIpc) is 2.98. The lowest BCUT2D eigenvalue weighted by Gasteiger charge is -2.40. The molecule has 4 rings (SSSR count). The van der Waals surface area contributed by atoms with Crippen molar-refractivity contribution in [3.8, 4) is 5.88 Å². The normalized spacial score (nSPS) is 31.6. The summed E-state index contributed by atoms with van der Waals surface area (Å²) >= 11 is 0. The Bertz CT molecular complexity index is 704. The van der Waals surface area contributed by atoms with E-state index in [1.165, 1.54) is 0 Å². The van der Waals surface area contributed by atoms with Crippen molar-refractivity contribution in [1.29, 1.82) is 0 Å². The van der Waals surface area contributed by atoms with E-state index in [0.29, 0.717) is 30.3 Å². The quantitative estimate of drug-likeness (QED) is 0.871. The van der Waals surface area contributed by atoms with Crippen LogP contribution in [0.4, 0.5) is 5.95 Å². The summed E-state index contributed by atoms with van der Waals surface area (Å²) in [7, 11) is 1.61. The maximum atomic E-state index is 13.4. The number of ether oxygens (including phenoxy) is 1. The molecule has 1 aliphatic carbocycles. The van der Waals surface area contributed by atoms with Crippen LogP contribution < -0.4 is 9.64 Å². The molecule has 1 atom stereocenters. The van der Waals surface area contributed by atoms with Gasteiger partial charge in [-0.05, 0) is 51.9 Å². The second-order valence-corrected chi connectivity index (χ2v) is 8.37. The number of carbonyl (C=O) groups is 1. The van der Waals surface area contributed by atoms with Crippen LogP contribution in [0, 0.1) is 12.3 Å². The molecule has 0 bridgehead atoms. The van der Waals surface area contributed by atoms with Crippen molar-refractivity contribution in [3.63, 3.8) is 0 Å². The Morgan fingerprint density at radius 2 is 1.96 bits per heavy atom. The minimum absolute atomic E-state index is 0.188. The lowest BCUT2D eigenvalue weighted by molar-refractivity contribution is -0.139. The molecule has 0 aromatic carbocycles. The van der Waals surface area contributed by atoms with Crippen LogP contribution in [-0.2, 0) is 4.79 Å². The van der Waals surface area contributed by atoms with Gasteiger partial charge >= 0.3 is 0 Å². The molecule has 1 saturated carbocycles. The molecule has 1 N–H and O–H groups in total. The minimum atomic E-state index is -0.311. The third-order valence-corrected chi connectivity index (χ3v) is 6.54. The third kappa shape index (κ3) is 3.49. The topological polar surface area (TPSA) is 78.8 Å². The highest BCUT2D eigenvalue weighted by Crippen LogP contribution is 2.43. The zero-order valence-corrected chi connectivity index (χ0v) is 16.4. The molecule has 1 aromatic rings. The number of aryl methyl sites for hydroxylation is 1. The van der Waals surface area contributed by atoms with Crippen LogP contribution in [0.15, 0.2) is 6.07 Å². The number of hydrogen-bond donors (Lipinski definition) is 1. The molecule has 0 radical (unpaired) electrons. The number of methoxy groups -OCH3 is 1. The van der Waals surface area contributed by atoms with Gasteiger partial charge in [0.15, 0.2) is 0 Å². The lowest BCUT2D eigenvalue weighted by atomic mass is 9.78. The van der Waals surface area contributed by atoms with Crippen LogP contribution in [0.3, 0.4) is 0 Å². The van der Waals surface area contributed by atoms with Crippen molar-refractivity contribution in [1.82, 2.24) is 14.9 Å². The molecule has 1 amide bonds. The van der Waals surface area contributed by atoms with E-state index >= 15 is 0 Å². The molecule has 0 unspecified atom stereocenters. The minimum Gasteiger partial charge on any atom is -0.481 e. The monoisotopic (exact) mass is 374 g/mol. The summed E-state index contributed by atoms with van der Waals surface area (Å²) in [5.74, 6) is 1.53. The molecular formula is C20H30N4O3. The number of hydrogen-bond acceptors (Lipinski definition) is 6. The van der Waals surface area contributed by atoms with Crippen molar-refractivity contribution in [3.05, 3.63) is 11.8 Å². The summed E-state index contributed by atoms with van der Waals surface area (Å²) in [6.45, 7) is 4.33. The highest BCUT2D eigenvalue weighted by Gasteiger charge is 2.51. The predicted octanol–water partition coefficient (Wildman–Crippen LogP) is 1.92. The van der Waals surface area contributed by atoms with Gasteiger partial charge in [0.1, 0.15) is 0 Å². The van der Waals surface area contributed by atoms with E-state index in [-0.39, 0.29) is 11.5 Å². The number of carbonyl (C=O) groups excluding carboxylic acids is 1. The second-order valence-electron chi connectivity index (χ2n) is 8.37. The number of aliphatic hydroxyl groups excluding tert-OH is 1. The first-order valence-corrected chi connectivity index (χ1v) is 10.1. The highest BCUT2D eigenvalue weighted by atomic mass is 16.5. The summed E-state index contributed by atoms with van der Waals surface area (Å²) in [5, 5.41) is 9.77. The molecule has 27 heavy (non-hydrogen) atoms. The third-order valence-electron chi connectivity index (χ3n) is 6.54. The molecule has 7 heteroatoms. The molecule has 3 aliphatic rings. The number of aliphatic hydroxyl groups is 1. The molecular weight excluding hydrogens is 344 g/mol. The Hall–Kier alpha value is -1.89. The maximum Gasteiger partial charge on any atom is 0.230 e. The van der Waals surface area contributed by atoms with Gasteiger partial charge in [-0.2, -0.15) is 4.98 Å². The van der Waals surface area contributed by atoms with Gasteiger partial charge in [0.2, 0.25) is 17.7 Å². The summed E-state index contributed by atoms with van der Waals surface area (Å²) in [6, 6.07) is 2.12. The average molecular weight is 374 g/mol. The standard InChI is InChI=1S/C20H30N4O3/c1-14-12-17(27-2)22-19(21-14)23-10-3-8-20(13-23)9-11-24(18(20)26)15-4-6-16(25)7-5-15/h12,15-16,25H,3-11,13H2,1-2H3/t15?,16?,20-/m0/s1. The van der Waals surface area contributed by atoms with Crippen molar-refractivity contribution < 1.29 is 14.6 Å². The van der Waals surface area contributed by atoms with Gasteiger partial charge in [0, 0.05) is 37.4 Å². The van der Waals surface area contributed by atoms with E-state index < -0.39 is 0 Å². The molecule has 1 aromatic heterocycles. The number of anilines is 1. The molecule has 3 heterocycles. The number of rotatable bonds is 3. The van der Waals surface area contributed by atoms with Gasteiger partial charge in [0.05, 0.1) is 18.6 Å². The van der Waals surface area contributed by atoms with Gasteiger partial charge in [-0.25, -0.2) is 4.98 Å². The largest absolute Gasteiger partial charge is 0.481 e. The summed E-state index contributed by atoms with van der Waals surface area (Å²) in [5.41, 5.74) is 0.561. The molecule has 1 spiro atoms. The fourth-order valence-electron chi connectivity index (χ4n) is 5.02. The van der Waals surface area contributed by atoms with E-state index in [9.17, 15) is 9.90 Å². The van der Waals surface area contributed by atoms with Crippen LogP contribution in [-0.4, -0.2) is 64.8 Å². The summed E-state index contributed by atoms with van der Waals surface area (Å²) in [6.07, 6.45) is 6.10. The number of nitrogens with zero attached hydrogens (tertiary/aromatic N) is 4. The van der Waals surface area contributed by atoms with Crippen LogP contribution in [0.5, 0.6) is 5.88 Å². The number of amides is 1. The summed E-state index contributed by atoms with van der Waals surface area (Å²) < 4.78 is 5.30. The van der Waals surface area contributed by atoms with E-state index in [0.717, 1.165) is 63.7 Å². The lowest BCUT2D eigenvalue weighted by Crippen LogP contribution is -2.50. The Labute approximate surface area is 160 Å². The van der Waals surface area contributed by atoms with E-state index in [1.807, 2.05) is 13.0 Å². The highest BCUT2D eigenvalue weighted by molar-refractivity contribution is 5.86. The number of aromatic nitrogens is 2. The first-order chi connectivity index (χ1) is 13.0. The SMILES string of the molecule is COc1cc(C)nc(N2CCC[C@]3(CCN(C4CCC(O)CC4)C3=O)C2)n1. The Balaban J connectivity index is 1.51. The smallest absolute Gasteiger partial charge is 0.230 e. The van der Waals surface area contributed by atoms with Crippen LogP contribution >= 0.6 is 0 Å². The van der Waals surface area contributed by atoms with E-state index in [2.05, 4.69) is 19.8 Å². The van der Waals surface area contributed by atoms with Crippen molar-refractivity contribution in [2.75, 3.05) is 31.6 Å². The second kappa shape index (κ2) is 7.26.